The molecule has 0 fully saturated rings. The Bertz CT molecular complexity index is 709. The summed E-state index contributed by atoms with van der Waals surface area (Å²) in [4.78, 5) is 11.6. The quantitative estimate of drug-likeness (QED) is 0.386. The highest BCUT2D eigenvalue weighted by Gasteiger charge is 2.14. The molecular formula is C15H14N2O4S. The summed E-state index contributed by atoms with van der Waals surface area (Å²) >= 11 is 5.11. The molecule has 1 heterocycles. The lowest BCUT2D eigenvalue weighted by Gasteiger charge is -2.14. The predicted octanol–water partition coefficient (Wildman–Crippen LogP) is 2.38. The van der Waals surface area contributed by atoms with Crippen LogP contribution in [0.5, 0.6) is 5.75 Å². The number of primary amides is 1. The van der Waals surface area contributed by atoms with Crippen LogP contribution in [0.2, 0.25) is 0 Å². The number of allylic oxidation sites excluding steroid dienone is 4. The fourth-order valence-corrected chi connectivity index (χ4v) is 1.88. The normalized spacial score (nSPS) is 14.6. The van der Waals surface area contributed by atoms with Crippen molar-refractivity contribution < 1.29 is 19.2 Å². The van der Waals surface area contributed by atoms with E-state index in [4.69, 9.17) is 27.1 Å². The number of carbonyl (C=O) groups excluding carboxylic acids is 1. The highest BCUT2D eigenvalue weighted by atomic mass is 32.1. The molecule has 0 radical (unpaired) electrons. The van der Waals surface area contributed by atoms with Crippen molar-refractivity contribution >= 4 is 23.1 Å². The third-order valence-electron chi connectivity index (χ3n) is 2.77. The van der Waals surface area contributed by atoms with E-state index in [1.54, 1.807) is 6.07 Å². The van der Waals surface area contributed by atoms with Crippen LogP contribution in [-0.2, 0) is 0 Å². The summed E-state index contributed by atoms with van der Waals surface area (Å²) in [5, 5.41) is 9.68. The molecule has 114 valence electrons. The number of rotatable bonds is 3. The maximum Gasteiger partial charge on any atom is 0.339 e. The first-order valence-electron chi connectivity index (χ1n) is 6.42. The Balaban J connectivity index is 2.11. The number of hydroxylamine groups is 2. The van der Waals surface area contributed by atoms with E-state index in [9.17, 15) is 10.0 Å². The first kappa shape index (κ1) is 15.8. The third kappa shape index (κ3) is 3.97. The molecule has 1 aromatic heterocycles. The summed E-state index contributed by atoms with van der Waals surface area (Å²) in [7, 11) is 0. The molecule has 0 saturated heterocycles. The van der Waals surface area contributed by atoms with Gasteiger partial charge in [0.25, 0.3) is 0 Å². The van der Waals surface area contributed by atoms with Crippen LogP contribution < -0.4 is 10.5 Å². The Morgan fingerprint density at radius 1 is 1.64 bits per heavy atom. The molecule has 1 aliphatic carbocycles. The monoisotopic (exact) mass is 318 g/mol. The van der Waals surface area contributed by atoms with Crippen LogP contribution in [0.3, 0.4) is 0 Å². The van der Waals surface area contributed by atoms with Gasteiger partial charge in [0.2, 0.25) is 5.76 Å². The van der Waals surface area contributed by atoms with E-state index >= 15 is 0 Å². The van der Waals surface area contributed by atoms with Crippen LogP contribution in [0, 0.1) is 11.8 Å². The van der Waals surface area contributed by atoms with Gasteiger partial charge in [0.1, 0.15) is 11.8 Å². The summed E-state index contributed by atoms with van der Waals surface area (Å²) < 4.78 is 10.9. The van der Waals surface area contributed by atoms with Gasteiger partial charge < -0.3 is 14.9 Å². The minimum Gasteiger partial charge on any atom is -0.457 e. The van der Waals surface area contributed by atoms with Gasteiger partial charge in [-0.15, -0.1) is 0 Å². The van der Waals surface area contributed by atoms with E-state index in [0.29, 0.717) is 23.0 Å². The zero-order valence-corrected chi connectivity index (χ0v) is 12.6. The summed E-state index contributed by atoms with van der Waals surface area (Å²) in [5.41, 5.74) is 4.95. The summed E-state index contributed by atoms with van der Waals surface area (Å²) in [6.45, 7) is 1.52. The lowest BCUT2D eigenvalue weighted by molar-refractivity contribution is -0.0536. The molecule has 0 aliphatic heterocycles. The van der Waals surface area contributed by atoms with Gasteiger partial charge in [-0.3, -0.25) is 5.21 Å². The maximum atomic E-state index is 10.8. The Morgan fingerprint density at radius 3 is 3.09 bits per heavy atom. The number of thiocarbonyl (C=S) groups is 1. The van der Waals surface area contributed by atoms with Gasteiger partial charge in [0, 0.05) is 17.4 Å². The molecule has 0 saturated carbocycles. The van der Waals surface area contributed by atoms with Crippen molar-refractivity contribution in [2.45, 2.75) is 19.4 Å². The number of hydrogen-bond donors (Lipinski definition) is 2. The first-order valence-corrected chi connectivity index (χ1v) is 6.82. The molecular weight excluding hydrogens is 304 g/mol. The third-order valence-corrected chi connectivity index (χ3v) is 3.05. The lowest BCUT2D eigenvalue weighted by atomic mass is 10.1. The molecule has 0 bridgehead atoms. The number of ether oxygens (including phenoxy) is 1. The van der Waals surface area contributed by atoms with Crippen LogP contribution in [0.1, 0.15) is 19.1 Å². The molecule has 6 nitrogen and oxygen atoms in total. The van der Waals surface area contributed by atoms with E-state index in [2.05, 4.69) is 11.8 Å². The van der Waals surface area contributed by atoms with Gasteiger partial charge in [-0.25, -0.2) is 4.79 Å². The summed E-state index contributed by atoms with van der Waals surface area (Å²) in [5.74, 6) is 6.75. The molecule has 1 aliphatic rings. The van der Waals surface area contributed by atoms with Crippen LogP contribution in [0.25, 0.3) is 0 Å². The standard InChI is InChI=1S/C15H14N2O4S/c1-10(17(19)15(16)18)5-6-13-14(7-8-20-13)21-11-3-2-4-12(22)9-11/h2-4,7-8,10,19H,9H2,1H3,(H2,16,18). The summed E-state index contributed by atoms with van der Waals surface area (Å²) in [6.07, 6.45) is 7.43. The molecule has 2 rings (SSSR count). The van der Waals surface area contributed by atoms with Crippen LogP contribution in [0.15, 0.2) is 40.7 Å². The fourth-order valence-electron chi connectivity index (χ4n) is 1.65. The Kier molecular flexibility index (Phi) is 4.99. The van der Waals surface area contributed by atoms with Crippen molar-refractivity contribution in [2.75, 3.05) is 0 Å². The smallest absolute Gasteiger partial charge is 0.339 e. The number of nitrogens with zero attached hydrogens (tertiary/aromatic N) is 1. The predicted molar refractivity (Wildman–Crippen MR) is 83.3 cm³/mol. The van der Waals surface area contributed by atoms with Gasteiger partial charge >= 0.3 is 6.03 Å². The molecule has 0 spiro atoms. The molecule has 1 unspecified atom stereocenters. The average molecular weight is 318 g/mol. The average Bonchev–Trinajstić information content (AvgIpc) is 2.91. The number of amides is 2. The zero-order valence-electron chi connectivity index (χ0n) is 11.8. The molecule has 0 aromatic carbocycles. The Hall–Kier alpha value is -2.56. The number of hydrogen-bond acceptors (Lipinski definition) is 5. The molecule has 3 N–H and O–H groups in total. The maximum absolute atomic E-state index is 10.8. The number of urea groups is 1. The topological polar surface area (TPSA) is 88.9 Å². The van der Waals surface area contributed by atoms with Gasteiger partial charge in [-0.2, -0.15) is 5.06 Å². The van der Waals surface area contributed by atoms with Crippen molar-refractivity contribution in [3.8, 4) is 17.6 Å². The molecule has 2 amide bonds. The van der Waals surface area contributed by atoms with Crippen LogP contribution in [0.4, 0.5) is 4.79 Å². The first-order chi connectivity index (χ1) is 10.5. The van der Waals surface area contributed by atoms with Crippen molar-refractivity contribution in [3.63, 3.8) is 0 Å². The van der Waals surface area contributed by atoms with Gasteiger partial charge in [0.05, 0.1) is 6.26 Å². The number of nitrogens with two attached hydrogens (primary N) is 1. The Labute approximate surface area is 132 Å². The van der Waals surface area contributed by atoms with Crippen LogP contribution >= 0.6 is 12.2 Å². The van der Waals surface area contributed by atoms with E-state index in [1.807, 2.05) is 18.2 Å². The van der Waals surface area contributed by atoms with Crippen molar-refractivity contribution in [1.82, 2.24) is 5.06 Å². The minimum absolute atomic E-state index is 0.283. The largest absolute Gasteiger partial charge is 0.457 e. The zero-order chi connectivity index (χ0) is 16.1. The fraction of sp³-hybridized carbons (Fsp3) is 0.200. The van der Waals surface area contributed by atoms with E-state index in [-0.39, 0.29) is 5.76 Å². The van der Waals surface area contributed by atoms with Gasteiger partial charge in [-0.1, -0.05) is 24.2 Å². The molecule has 1 aromatic rings. The second-order valence-electron chi connectivity index (χ2n) is 4.48. The van der Waals surface area contributed by atoms with E-state index < -0.39 is 12.1 Å². The highest BCUT2D eigenvalue weighted by Crippen LogP contribution is 2.23. The second-order valence-corrected chi connectivity index (χ2v) is 5.00. The van der Waals surface area contributed by atoms with Gasteiger partial charge in [-0.05, 0) is 25.0 Å². The van der Waals surface area contributed by atoms with Crippen molar-refractivity contribution in [1.29, 1.82) is 0 Å². The molecule has 7 heteroatoms. The Morgan fingerprint density at radius 2 is 2.41 bits per heavy atom. The van der Waals surface area contributed by atoms with Gasteiger partial charge in [0.15, 0.2) is 5.75 Å². The van der Waals surface area contributed by atoms with E-state index in [1.165, 1.54) is 13.2 Å². The van der Waals surface area contributed by atoms with Crippen LogP contribution in [-0.4, -0.2) is 27.2 Å². The lowest BCUT2D eigenvalue weighted by Crippen LogP contribution is -2.38. The van der Waals surface area contributed by atoms with E-state index in [0.717, 1.165) is 4.86 Å². The van der Waals surface area contributed by atoms with Crippen molar-refractivity contribution in [2.24, 2.45) is 5.73 Å². The highest BCUT2D eigenvalue weighted by molar-refractivity contribution is 7.80. The number of carbonyl (C=O) groups is 1. The minimum atomic E-state index is -0.981. The second kappa shape index (κ2) is 6.93. The summed E-state index contributed by atoms with van der Waals surface area (Å²) in [6, 6.07) is -0.132. The van der Waals surface area contributed by atoms with Crippen molar-refractivity contribution in [3.05, 3.63) is 42.1 Å². The molecule has 22 heavy (non-hydrogen) atoms. The SMILES string of the molecule is CC(C#Cc1occc1OC1=CC=CC(=S)C1)N(O)C(N)=O. The molecule has 1 atom stereocenters. The number of furan rings is 1.